The Morgan fingerprint density at radius 1 is 1.10 bits per heavy atom. The predicted molar refractivity (Wildman–Crippen MR) is 122 cm³/mol. The molecule has 0 fully saturated rings. The van der Waals surface area contributed by atoms with Crippen LogP contribution < -0.4 is 14.8 Å². The molecule has 0 unspecified atom stereocenters. The van der Waals surface area contributed by atoms with E-state index >= 15 is 0 Å². The molecule has 31 heavy (non-hydrogen) atoms. The zero-order chi connectivity index (χ0) is 21.6. The summed E-state index contributed by atoms with van der Waals surface area (Å²) in [6.45, 7) is 2.45. The summed E-state index contributed by atoms with van der Waals surface area (Å²) >= 11 is 1.36. The summed E-state index contributed by atoms with van der Waals surface area (Å²) < 4.78 is 12.5. The fourth-order valence-electron chi connectivity index (χ4n) is 3.02. The molecule has 0 saturated carbocycles. The van der Waals surface area contributed by atoms with Crippen molar-refractivity contribution in [1.29, 1.82) is 0 Å². The number of aromatic nitrogens is 3. The zero-order valence-electron chi connectivity index (χ0n) is 17.2. The van der Waals surface area contributed by atoms with E-state index in [9.17, 15) is 4.79 Å². The Bertz CT molecular complexity index is 1190. The maximum absolute atomic E-state index is 12.4. The van der Waals surface area contributed by atoms with Crippen LogP contribution in [-0.2, 0) is 4.79 Å². The number of para-hydroxylation sites is 2. The second kappa shape index (κ2) is 9.53. The van der Waals surface area contributed by atoms with Gasteiger partial charge in [-0.3, -0.25) is 4.79 Å². The monoisotopic (exact) mass is 434 g/mol. The summed E-state index contributed by atoms with van der Waals surface area (Å²) in [7, 11) is 1.64. The summed E-state index contributed by atoms with van der Waals surface area (Å²) in [6.07, 6.45) is 1.87. The molecule has 0 aliphatic rings. The zero-order valence-corrected chi connectivity index (χ0v) is 18.1. The summed E-state index contributed by atoms with van der Waals surface area (Å²) in [5.74, 6) is 1.57. The molecular weight excluding hydrogens is 412 g/mol. The lowest BCUT2D eigenvalue weighted by Crippen LogP contribution is -2.15. The average molecular weight is 435 g/mol. The lowest BCUT2D eigenvalue weighted by atomic mass is 10.2. The van der Waals surface area contributed by atoms with Gasteiger partial charge in [0.2, 0.25) is 5.91 Å². The standard InChI is InChI=1S/C23H22N4O3S/c1-3-30-20-7-5-4-6-18(20)25-22(28)15-31-23-13-12-21-24-19(14-27(21)26-23)16-8-10-17(29-2)11-9-16/h4-14H,3,15H2,1-2H3,(H,25,28). The number of benzene rings is 2. The minimum Gasteiger partial charge on any atom is -0.497 e. The first-order chi connectivity index (χ1) is 15.2. The lowest BCUT2D eigenvalue weighted by Gasteiger charge is -2.10. The van der Waals surface area contributed by atoms with Crippen molar-refractivity contribution < 1.29 is 14.3 Å². The molecule has 2 heterocycles. The van der Waals surface area contributed by atoms with Crippen LogP contribution in [0.3, 0.4) is 0 Å². The Balaban J connectivity index is 1.42. The molecule has 1 N–H and O–H groups in total. The van der Waals surface area contributed by atoms with Gasteiger partial charge in [0.1, 0.15) is 16.5 Å². The molecule has 4 rings (SSSR count). The van der Waals surface area contributed by atoms with Crippen LogP contribution in [0.1, 0.15) is 6.92 Å². The first-order valence-electron chi connectivity index (χ1n) is 9.81. The molecule has 0 spiro atoms. The van der Waals surface area contributed by atoms with E-state index in [4.69, 9.17) is 9.47 Å². The largest absolute Gasteiger partial charge is 0.497 e. The third kappa shape index (κ3) is 4.97. The number of nitrogens with zero attached hydrogens (tertiary/aromatic N) is 3. The Hall–Kier alpha value is -3.52. The molecule has 0 saturated heterocycles. The van der Waals surface area contributed by atoms with E-state index < -0.39 is 0 Å². The molecule has 1 amide bonds. The van der Waals surface area contributed by atoms with Gasteiger partial charge in [-0.05, 0) is 55.5 Å². The average Bonchev–Trinajstić information content (AvgIpc) is 3.23. The first kappa shape index (κ1) is 20.7. The van der Waals surface area contributed by atoms with Crippen LogP contribution in [0.25, 0.3) is 16.9 Å². The van der Waals surface area contributed by atoms with Crippen LogP contribution in [0.15, 0.2) is 71.9 Å². The summed E-state index contributed by atoms with van der Waals surface area (Å²) in [5, 5.41) is 8.20. The maximum Gasteiger partial charge on any atom is 0.234 e. The van der Waals surface area contributed by atoms with Crippen LogP contribution in [0.5, 0.6) is 11.5 Å². The third-order valence-corrected chi connectivity index (χ3v) is 5.41. The second-order valence-corrected chi connectivity index (χ2v) is 7.59. The molecule has 0 radical (unpaired) electrons. The predicted octanol–water partition coefficient (Wildman–Crippen LogP) is 4.53. The van der Waals surface area contributed by atoms with Crippen molar-refractivity contribution in [2.75, 3.05) is 24.8 Å². The van der Waals surface area contributed by atoms with E-state index in [1.807, 2.05) is 73.8 Å². The number of carbonyl (C=O) groups excluding carboxylic acids is 1. The van der Waals surface area contributed by atoms with Gasteiger partial charge in [-0.1, -0.05) is 23.9 Å². The van der Waals surface area contributed by atoms with Gasteiger partial charge in [0.25, 0.3) is 0 Å². The number of imidazole rings is 1. The maximum atomic E-state index is 12.4. The van der Waals surface area contributed by atoms with Gasteiger partial charge in [0, 0.05) is 5.56 Å². The molecule has 0 bridgehead atoms. The highest BCUT2D eigenvalue weighted by molar-refractivity contribution is 7.99. The van der Waals surface area contributed by atoms with Gasteiger partial charge in [-0.15, -0.1) is 0 Å². The summed E-state index contributed by atoms with van der Waals surface area (Å²) in [4.78, 5) is 17.0. The van der Waals surface area contributed by atoms with Crippen molar-refractivity contribution in [2.24, 2.45) is 0 Å². The normalized spacial score (nSPS) is 10.8. The number of fused-ring (bicyclic) bond motifs is 1. The first-order valence-corrected chi connectivity index (χ1v) is 10.8. The lowest BCUT2D eigenvalue weighted by molar-refractivity contribution is -0.113. The Kier molecular flexibility index (Phi) is 6.37. The number of rotatable bonds is 8. The number of hydrogen-bond acceptors (Lipinski definition) is 6. The summed E-state index contributed by atoms with van der Waals surface area (Å²) in [6, 6.07) is 18.9. The van der Waals surface area contributed by atoms with Gasteiger partial charge in [-0.25, -0.2) is 9.50 Å². The molecule has 7 nitrogen and oxygen atoms in total. The number of carbonyl (C=O) groups is 1. The van der Waals surface area contributed by atoms with Crippen LogP contribution in [0.4, 0.5) is 5.69 Å². The van der Waals surface area contributed by atoms with E-state index in [2.05, 4.69) is 15.4 Å². The van der Waals surface area contributed by atoms with Crippen LogP contribution in [0, 0.1) is 0 Å². The molecule has 4 aromatic rings. The number of hydrogen-bond donors (Lipinski definition) is 1. The van der Waals surface area contributed by atoms with Crippen LogP contribution in [0.2, 0.25) is 0 Å². The van der Waals surface area contributed by atoms with Gasteiger partial charge in [0.15, 0.2) is 5.65 Å². The van der Waals surface area contributed by atoms with Crippen LogP contribution >= 0.6 is 11.8 Å². The molecule has 0 aliphatic carbocycles. The molecule has 2 aromatic heterocycles. The quantitative estimate of drug-likeness (QED) is 0.411. The van der Waals surface area contributed by atoms with E-state index in [-0.39, 0.29) is 11.7 Å². The van der Waals surface area contributed by atoms with Gasteiger partial charge < -0.3 is 14.8 Å². The molecule has 8 heteroatoms. The molecule has 0 atom stereocenters. The fourth-order valence-corrected chi connectivity index (χ4v) is 3.68. The van der Waals surface area contributed by atoms with E-state index in [0.29, 0.717) is 18.0 Å². The van der Waals surface area contributed by atoms with Gasteiger partial charge >= 0.3 is 0 Å². The van der Waals surface area contributed by atoms with E-state index in [1.54, 1.807) is 11.6 Å². The summed E-state index contributed by atoms with van der Waals surface area (Å²) in [5.41, 5.74) is 3.21. The Morgan fingerprint density at radius 3 is 2.68 bits per heavy atom. The highest BCUT2D eigenvalue weighted by Crippen LogP contribution is 2.25. The molecule has 0 aliphatic heterocycles. The number of anilines is 1. The number of ether oxygens (including phenoxy) is 2. The highest BCUT2D eigenvalue weighted by atomic mass is 32.2. The smallest absolute Gasteiger partial charge is 0.234 e. The van der Waals surface area contributed by atoms with Crippen molar-refractivity contribution in [1.82, 2.24) is 14.6 Å². The number of amides is 1. The Labute approximate surface area is 184 Å². The third-order valence-electron chi connectivity index (χ3n) is 4.49. The number of nitrogens with one attached hydrogen (secondary N) is 1. The van der Waals surface area contributed by atoms with E-state index in [1.165, 1.54) is 11.8 Å². The molecule has 158 valence electrons. The SMILES string of the molecule is CCOc1ccccc1NC(=O)CSc1ccc2nc(-c3ccc(OC)cc3)cn2n1. The minimum atomic E-state index is -0.122. The molecule has 2 aromatic carbocycles. The van der Waals surface area contributed by atoms with E-state index in [0.717, 1.165) is 27.7 Å². The highest BCUT2D eigenvalue weighted by Gasteiger charge is 2.10. The van der Waals surface area contributed by atoms with Crippen LogP contribution in [-0.4, -0.2) is 40.0 Å². The van der Waals surface area contributed by atoms with Crippen molar-refractivity contribution in [3.05, 3.63) is 66.9 Å². The fraction of sp³-hybridized carbons (Fsp3) is 0.174. The van der Waals surface area contributed by atoms with Crippen molar-refractivity contribution >= 4 is 29.0 Å². The Morgan fingerprint density at radius 2 is 1.90 bits per heavy atom. The number of methoxy groups -OCH3 is 1. The van der Waals surface area contributed by atoms with Crippen molar-refractivity contribution in [2.45, 2.75) is 11.9 Å². The van der Waals surface area contributed by atoms with Crippen molar-refractivity contribution in [3.63, 3.8) is 0 Å². The second-order valence-electron chi connectivity index (χ2n) is 6.60. The number of thioether (sulfide) groups is 1. The minimum absolute atomic E-state index is 0.122. The topological polar surface area (TPSA) is 77.8 Å². The van der Waals surface area contributed by atoms with Gasteiger partial charge in [-0.2, -0.15) is 5.10 Å². The van der Waals surface area contributed by atoms with Crippen molar-refractivity contribution in [3.8, 4) is 22.8 Å². The molecular formula is C23H22N4O3S. The van der Waals surface area contributed by atoms with Gasteiger partial charge in [0.05, 0.1) is 37.0 Å².